The number of methoxy groups -OCH3 is 1. The number of carbonyl (C=O) groups is 1. The summed E-state index contributed by atoms with van der Waals surface area (Å²) in [4.78, 5) is 12.1. The SMILES string of the molecule is COc1ccc(C(=O)NC(CCO)C(C)(C)C)cc1. The fourth-order valence-corrected chi connectivity index (χ4v) is 1.83. The summed E-state index contributed by atoms with van der Waals surface area (Å²) in [6.07, 6.45) is 0.547. The highest BCUT2D eigenvalue weighted by molar-refractivity contribution is 5.94. The Morgan fingerprint density at radius 1 is 1.32 bits per heavy atom. The third-order valence-corrected chi connectivity index (χ3v) is 3.12. The largest absolute Gasteiger partial charge is 0.497 e. The van der Waals surface area contributed by atoms with Crippen LogP contribution in [0, 0.1) is 5.41 Å². The first-order chi connectivity index (χ1) is 8.88. The number of rotatable bonds is 5. The van der Waals surface area contributed by atoms with Gasteiger partial charge in [-0.3, -0.25) is 4.79 Å². The van der Waals surface area contributed by atoms with E-state index in [1.54, 1.807) is 31.4 Å². The van der Waals surface area contributed by atoms with Crippen molar-refractivity contribution < 1.29 is 14.6 Å². The van der Waals surface area contributed by atoms with E-state index in [1.807, 2.05) is 20.8 Å². The highest BCUT2D eigenvalue weighted by Crippen LogP contribution is 2.22. The highest BCUT2D eigenvalue weighted by Gasteiger charge is 2.25. The van der Waals surface area contributed by atoms with E-state index in [0.717, 1.165) is 5.75 Å². The van der Waals surface area contributed by atoms with Gasteiger partial charge in [-0.15, -0.1) is 0 Å². The summed E-state index contributed by atoms with van der Waals surface area (Å²) in [5.41, 5.74) is 0.498. The second-order valence-electron chi connectivity index (χ2n) is 5.63. The maximum atomic E-state index is 12.1. The van der Waals surface area contributed by atoms with E-state index >= 15 is 0 Å². The Hall–Kier alpha value is -1.55. The van der Waals surface area contributed by atoms with Gasteiger partial charge in [0.25, 0.3) is 5.91 Å². The van der Waals surface area contributed by atoms with Crippen molar-refractivity contribution in [1.82, 2.24) is 5.32 Å². The molecule has 1 rings (SSSR count). The Labute approximate surface area is 114 Å². The molecule has 4 nitrogen and oxygen atoms in total. The van der Waals surface area contributed by atoms with Crippen molar-refractivity contribution in [2.45, 2.75) is 33.2 Å². The van der Waals surface area contributed by atoms with Crippen LogP contribution >= 0.6 is 0 Å². The first kappa shape index (κ1) is 15.5. The van der Waals surface area contributed by atoms with Gasteiger partial charge in [-0.05, 0) is 36.1 Å². The molecule has 0 bridgehead atoms. The lowest BCUT2D eigenvalue weighted by molar-refractivity contribution is 0.0885. The zero-order chi connectivity index (χ0) is 14.5. The summed E-state index contributed by atoms with van der Waals surface area (Å²) >= 11 is 0. The molecule has 2 N–H and O–H groups in total. The molecule has 0 aliphatic rings. The molecule has 0 aromatic heterocycles. The molecule has 4 heteroatoms. The van der Waals surface area contributed by atoms with E-state index in [1.165, 1.54) is 0 Å². The van der Waals surface area contributed by atoms with Crippen LogP contribution in [0.2, 0.25) is 0 Å². The van der Waals surface area contributed by atoms with E-state index in [4.69, 9.17) is 9.84 Å². The number of benzene rings is 1. The number of amides is 1. The van der Waals surface area contributed by atoms with E-state index in [2.05, 4.69) is 5.32 Å². The van der Waals surface area contributed by atoms with Crippen molar-refractivity contribution in [3.8, 4) is 5.75 Å². The summed E-state index contributed by atoms with van der Waals surface area (Å²) in [6.45, 7) is 6.19. The molecule has 0 radical (unpaired) electrons. The topological polar surface area (TPSA) is 58.6 Å². The summed E-state index contributed by atoms with van der Waals surface area (Å²) in [7, 11) is 1.59. The van der Waals surface area contributed by atoms with Crippen LogP contribution in [0.3, 0.4) is 0 Å². The molecule has 1 unspecified atom stereocenters. The Kier molecular flexibility index (Phi) is 5.36. The number of aliphatic hydroxyl groups excluding tert-OH is 1. The van der Waals surface area contributed by atoms with E-state index in [9.17, 15) is 4.79 Å². The van der Waals surface area contributed by atoms with Gasteiger partial charge in [0.05, 0.1) is 7.11 Å². The normalized spacial score (nSPS) is 12.9. The average Bonchev–Trinajstić information content (AvgIpc) is 2.37. The van der Waals surface area contributed by atoms with Gasteiger partial charge in [0, 0.05) is 18.2 Å². The Morgan fingerprint density at radius 3 is 2.32 bits per heavy atom. The molecule has 1 aromatic rings. The number of hydrogen-bond donors (Lipinski definition) is 2. The molecular formula is C15H23NO3. The molecular weight excluding hydrogens is 242 g/mol. The highest BCUT2D eigenvalue weighted by atomic mass is 16.5. The minimum absolute atomic E-state index is 0.0603. The standard InChI is InChI=1S/C15H23NO3/c1-15(2,3)13(9-10-17)16-14(18)11-5-7-12(19-4)8-6-11/h5-8,13,17H,9-10H2,1-4H3,(H,16,18). The van der Waals surface area contributed by atoms with Crippen LogP contribution in [0.5, 0.6) is 5.75 Å². The van der Waals surface area contributed by atoms with Gasteiger partial charge >= 0.3 is 0 Å². The van der Waals surface area contributed by atoms with Crippen LogP contribution in [0.1, 0.15) is 37.6 Å². The number of nitrogens with one attached hydrogen (secondary N) is 1. The van der Waals surface area contributed by atoms with Gasteiger partial charge in [0.15, 0.2) is 0 Å². The summed E-state index contributed by atoms with van der Waals surface area (Å²) in [5.74, 6) is 0.593. The maximum absolute atomic E-state index is 12.1. The fraction of sp³-hybridized carbons (Fsp3) is 0.533. The second kappa shape index (κ2) is 6.57. The molecule has 0 aliphatic carbocycles. The number of ether oxygens (including phenoxy) is 1. The van der Waals surface area contributed by atoms with Crippen molar-refractivity contribution in [3.05, 3.63) is 29.8 Å². The van der Waals surface area contributed by atoms with E-state index < -0.39 is 0 Å². The minimum atomic E-state index is -0.129. The Morgan fingerprint density at radius 2 is 1.89 bits per heavy atom. The Balaban J connectivity index is 2.75. The lowest BCUT2D eigenvalue weighted by Gasteiger charge is -2.31. The first-order valence-electron chi connectivity index (χ1n) is 6.44. The maximum Gasteiger partial charge on any atom is 0.251 e. The first-order valence-corrected chi connectivity index (χ1v) is 6.44. The zero-order valence-electron chi connectivity index (χ0n) is 12.1. The van der Waals surface area contributed by atoms with Crippen molar-refractivity contribution in [2.75, 3.05) is 13.7 Å². The summed E-state index contributed by atoms with van der Waals surface area (Å²) in [5, 5.41) is 12.1. The van der Waals surface area contributed by atoms with Gasteiger partial charge in [0.2, 0.25) is 0 Å². The molecule has 0 spiro atoms. The van der Waals surface area contributed by atoms with Crippen LogP contribution in [-0.4, -0.2) is 30.8 Å². The number of aliphatic hydroxyl groups is 1. The number of carbonyl (C=O) groups excluding carboxylic acids is 1. The smallest absolute Gasteiger partial charge is 0.251 e. The van der Waals surface area contributed by atoms with Crippen LogP contribution in [0.25, 0.3) is 0 Å². The van der Waals surface area contributed by atoms with Crippen molar-refractivity contribution in [1.29, 1.82) is 0 Å². The fourth-order valence-electron chi connectivity index (χ4n) is 1.83. The third kappa shape index (κ3) is 4.56. The van der Waals surface area contributed by atoms with Crippen LogP contribution in [0.4, 0.5) is 0 Å². The zero-order valence-corrected chi connectivity index (χ0v) is 12.1. The predicted molar refractivity (Wildman–Crippen MR) is 75.4 cm³/mol. The van der Waals surface area contributed by atoms with Gasteiger partial charge < -0.3 is 15.2 Å². The van der Waals surface area contributed by atoms with Crippen LogP contribution < -0.4 is 10.1 Å². The molecule has 0 saturated heterocycles. The quantitative estimate of drug-likeness (QED) is 0.858. The van der Waals surface area contributed by atoms with Gasteiger partial charge in [-0.25, -0.2) is 0 Å². The molecule has 0 aliphatic heterocycles. The Bertz CT molecular complexity index is 406. The van der Waals surface area contributed by atoms with Crippen molar-refractivity contribution >= 4 is 5.91 Å². The summed E-state index contributed by atoms with van der Waals surface area (Å²) in [6, 6.07) is 6.91. The van der Waals surface area contributed by atoms with Gasteiger partial charge in [-0.1, -0.05) is 20.8 Å². The molecule has 0 fully saturated rings. The lowest BCUT2D eigenvalue weighted by atomic mass is 9.85. The van der Waals surface area contributed by atoms with Crippen molar-refractivity contribution in [2.24, 2.45) is 5.41 Å². The van der Waals surface area contributed by atoms with E-state index in [0.29, 0.717) is 12.0 Å². The molecule has 1 amide bonds. The van der Waals surface area contributed by atoms with Gasteiger partial charge in [-0.2, -0.15) is 0 Å². The number of hydrogen-bond acceptors (Lipinski definition) is 3. The monoisotopic (exact) mass is 265 g/mol. The molecule has 0 saturated carbocycles. The lowest BCUT2D eigenvalue weighted by Crippen LogP contribution is -2.44. The predicted octanol–water partition coefficient (Wildman–Crippen LogP) is 2.22. The molecule has 106 valence electrons. The molecule has 1 atom stereocenters. The average molecular weight is 265 g/mol. The summed E-state index contributed by atoms with van der Waals surface area (Å²) < 4.78 is 5.06. The van der Waals surface area contributed by atoms with Crippen LogP contribution in [-0.2, 0) is 0 Å². The molecule has 0 heterocycles. The van der Waals surface area contributed by atoms with E-state index in [-0.39, 0.29) is 24.0 Å². The molecule has 19 heavy (non-hydrogen) atoms. The van der Waals surface area contributed by atoms with Crippen molar-refractivity contribution in [3.63, 3.8) is 0 Å². The third-order valence-electron chi connectivity index (χ3n) is 3.12. The van der Waals surface area contributed by atoms with Crippen LogP contribution in [0.15, 0.2) is 24.3 Å². The molecule has 1 aromatic carbocycles. The second-order valence-corrected chi connectivity index (χ2v) is 5.63. The van der Waals surface area contributed by atoms with Gasteiger partial charge in [0.1, 0.15) is 5.75 Å². The minimum Gasteiger partial charge on any atom is -0.497 e.